The number of carboxylic acid groups (broad SMARTS) is 1. The first kappa shape index (κ1) is 15.7. The summed E-state index contributed by atoms with van der Waals surface area (Å²) in [6.45, 7) is 6.06. The van der Waals surface area contributed by atoms with Crippen LogP contribution < -0.4 is 5.32 Å². The maximum absolute atomic E-state index is 11.3. The largest absolute Gasteiger partial charge is 0.476 e. The van der Waals surface area contributed by atoms with E-state index in [4.69, 9.17) is 4.74 Å². The van der Waals surface area contributed by atoms with Crippen LogP contribution in [-0.4, -0.2) is 40.8 Å². The Labute approximate surface area is 124 Å². The molecule has 1 aromatic heterocycles. The minimum atomic E-state index is -1.04. The maximum atomic E-state index is 11.3. The van der Waals surface area contributed by atoms with E-state index in [0.717, 1.165) is 18.9 Å². The van der Waals surface area contributed by atoms with E-state index in [1.165, 1.54) is 12.8 Å². The Balaban J connectivity index is 1.81. The zero-order valence-electron chi connectivity index (χ0n) is 12.6. The Morgan fingerprint density at radius 1 is 1.52 bits per heavy atom. The molecule has 1 aliphatic rings. The normalized spacial score (nSPS) is 14.4. The molecule has 0 amide bonds. The van der Waals surface area contributed by atoms with Gasteiger partial charge in [0.05, 0.1) is 11.9 Å². The highest BCUT2D eigenvalue weighted by Gasteiger charge is 2.20. The van der Waals surface area contributed by atoms with E-state index >= 15 is 0 Å². The molecule has 21 heavy (non-hydrogen) atoms. The van der Waals surface area contributed by atoms with Gasteiger partial charge in [0.1, 0.15) is 5.82 Å². The van der Waals surface area contributed by atoms with Crippen molar-refractivity contribution in [2.24, 2.45) is 5.92 Å². The van der Waals surface area contributed by atoms with Crippen molar-refractivity contribution in [2.45, 2.75) is 39.0 Å². The number of anilines is 1. The van der Waals surface area contributed by atoms with E-state index in [1.807, 2.05) is 13.8 Å². The maximum Gasteiger partial charge on any atom is 0.356 e. The van der Waals surface area contributed by atoms with E-state index in [1.54, 1.807) is 6.20 Å². The summed E-state index contributed by atoms with van der Waals surface area (Å²) in [5, 5.41) is 12.3. The zero-order valence-corrected chi connectivity index (χ0v) is 12.6. The van der Waals surface area contributed by atoms with E-state index < -0.39 is 5.97 Å². The molecule has 1 fully saturated rings. The lowest BCUT2D eigenvalue weighted by atomic mass is 10.2. The monoisotopic (exact) mass is 293 g/mol. The number of aromatic nitrogens is 2. The Morgan fingerprint density at radius 3 is 2.90 bits per heavy atom. The van der Waals surface area contributed by atoms with Crippen LogP contribution in [0.1, 0.15) is 55.3 Å². The first-order valence-corrected chi connectivity index (χ1v) is 7.49. The second kappa shape index (κ2) is 7.36. The number of nitrogens with one attached hydrogen (secondary N) is 1. The first-order chi connectivity index (χ1) is 10.1. The Morgan fingerprint density at radius 2 is 2.29 bits per heavy atom. The molecule has 116 valence electrons. The Kier molecular flexibility index (Phi) is 5.50. The molecule has 6 nitrogen and oxygen atoms in total. The molecule has 0 unspecified atom stereocenters. The first-order valence-electron chi connectivity index (χ1n) is 7.49. The summed E-state index contributed by atoms with van der Waals surface area (Å²) < 4.78 is 5.54. The fraction of sp³-hybridized carbons (Fsp3) is 0.667. The van der Waals surface area contributed by atoms with Gasteiger partial charge in [-0.05, 0) is 25.2 Å². The molecule has 0 aromatic carbocycles. The van der Waals surface area contributed by atoms with Crippen molar-refractivity contribution in [3.63, 3.8) is 0 Å². The topological polar surface area (TPSA) is 84.3 Å². The zero-order chi connectivity index (χ0) is 15.2. The van der Waals surface area contributed by atoms with Crippen LogP contribution in [0.15, 0.2) is 6.20 Å². The molecule has 0 saturated heterocycles. The van der Waals surface area contributed by atoms with Crippen molar-refractivity contribution >= 4 is 11.7 Å². The van der Waals surface area contributed by atoms with Crippen molar-refractivity contribution in [2.75, 3.05) is 25.1 Å². The summed E-state index contributed by atoms with van der Waals surface area (Å²) in [6.07, 6.45) is 4.97. The average Bonchev–Trinajstić information content (AvgIpc) is 3.26. The van der Waals surface area contributed by atoms with Crippen LogP contribution in [0.2, 0.25) is 0 Å². The average molecular weight is 293 g/mol. The van der Waals surface area contributed by atoms with Crippen molar-refractivity contribution < 1.29 is 14.6 Å². The van der Waals surface area contributed by atoms with Gasteiger partial charge in [-0.1, -0.05) is 13.8 Å². The third kappa shape index (κ3) is 4.97. The van der Waals surface area contributed by atoms with Crippen LogP contribution in [0, 0.1) is 5.92 Å². The summed E-state index contributed by atoms with van der Waals surface area (Å²) in [4.78, 5) is 19.6. The second-order valence-corrected chi connectivity index (χ2v) is 5.75. The van der Waals surface area contributed by atoms with Gasteiger partial charge in [0.15, 0.2) is 5.69 Å². The van der Waals surface area contributed by atoms with E-state index in [9.17, 15) is 9.90 Å². The van der Waals surface area contributed by atoms with Crippen molar-refractivity contribution in [1.82, 2.24) is 9.97 Å². The molecule has 1 saturated carbocycles. The Hall–Kier alpha value is -1.69. The van der Waals surface area contributed by atoms with Crippen LogP contribution in [-0.2, 0) is 4.74 Å². The van der Waals surface area contributed by atoms with E-state index in [-0.39, 0.29) is 11.6 Å². The lowest BCUT2D eigenvalue weighted by molar-refractivity contribution is 0.0691. The molecular weight excluding hydrogens is 270 g/mol. The van der Waals surface area contributed by atoms with Gasteiger partial charge in [-0.15, -0.1) is 0 Å². The SMILES string of the molecule is CC(C)c1ncc(NCCCOCC2CC2)c(C(=O)O)n1. The smallest absolute Gasteiger partial charge is 0.356 e. The van der Waals surface area contributed by atoms with Crippen LogP contribution in [0.5, 0.6) is 0 Å². The van der Waals surface area contributed by atoms with Gasteiger partial charge in [0.2, 0.25) is 0 Å². The molecule has 1 heterocycles. The molecule has 2 N–H and O–H groups in total. The third-order valence-electron chi connectivity index (χ3n) is 3.36. The number of rotatable bonds is 9. The van der Waals surface area contributed by atoms with Gasteiger partial charge in [-0.3, -0.25) is 0 Å². The van der Waals surface area contributed by atoms with Gasteiger partial charge in [0, 0.05) is 25.7 Å². The molecule has 0 spiro atoms. The highest BCUT2D eigenvalue weighted by Crippen LogP contribution is 2.28. The van der Waals surface area contributed by atoms with Gasteiger partial charge < -0.3 is 15.2 Å². The summed E-state index contributed by atoms with van der Waals surface area (Å²) >= 11 is 0. The van der Waals surface area contributed by atoms with Crippen LogP contribution >= 0.6 is 0 Å². The van der Waals surface area contributed by atoms with E-state index in [0.29, 0.717) is 24.7 Å². The molecule has 0 atom stereocenters. The minimum Gasteiger partial charge on any atom is -0.476 e. The number of hydrogen-bond donors (Lipinski definition) is 2. The van der Waals surface area contributed by atoms with Crippen LogP contribution in [0.3, 0.4) is 0 Å². The van der Waals surface area contributed by atoms with Crippen molar-refractivity contribution in [3.05, 3.63) is 17.7 Å². The molecule has 6 heteroatoms. The predicted octanol–water partition coefficient (Wildman–Crippen LogP) is 2.53. The summed E-state index contributed by atoms with van der Waals surface area (Å²) in [5.74, 6) is 0.388. The number of hydrogen-bond acceptors (Lipinski definition) is 5. The predicted molar refractivity (Wildman–Crippen MR) is 79.7 cm³/mol. The standard InChI is InChI=1S/C15H23N3O3/c1-10(2)14-17-8-12(13(18-14)15(19)20)16-6-3-7-21-9-11-4-5-11/h8,10-11,16H,3-7,9H2,1-2H3,(H,19,20). The lowest BCUT2D eigenvalue weighted by Crippen LogP contribution is -2.14. The number of nitrogens with zero attached hydrogens (tertiary/aromatic N) is 2. The Bertz CT molecular complexity index is 487. The highest BCUT2D eigenvalue weighted by molar-refractivity contribution is 5.91. The van der Waals surface area contributed by atoms with E-state index in [2.05, 4.69) is 15.3 Å². The summed E-state index contributed by atoms with van der Waals surface area (Å²) in [7, 11) is 0. The van der Waals surface area contributed by atoms with Crippen LogP contribution in [0.4, 0.5) is 5.69 Å². The minimum absolute atomic E-state index is 0.0348. The lowest BCUT2D eigenvalue weighted by Gasteiger charge is -2.11. The van der Waals surface area contributed by atoms with Gasteiger partial charge in [0.25, 0.3) is 0 Å². The molecule has 1 aliphatic carbocycles. The fourth-order valence-corrected chi connectivity index (χ4v) is 1.90. The summed E-state index contributed by atoms with van der Waals surface area (Å²) in [5.41, 5.74) is 0.502. The number of carboxylic acids is 1. The molecule has 0 bridgehead atoms. The molecular formula is C15H23N3O3. The second-order valence-electron chi connectivity index (χ2n) is 5.75. The quantitative estimate of drug-likeness (QED) is 0.681. The molecule has 0 aliphatic heterocycles. The van der Waals surface area contributed by atoms with Gasteiger partial charge in [-0.25, -0.2) is 14.8 Å². The van der Waals surface area contributed by atoms with Gasteiger partial charge >= 0.3 is 5.97 Å². The molecule has 2 rings (SSSR count). The van der Waals surface area contributed by atoms with Gasteiger partial charge in [-0.2, -0.15) is 0 Å². The molecule has 1 aromatic rings. The van der Waals surface area contributed by atoms with Crippen molar-refractivity contribution in [1.29, 1.82) is 0 Å². The number of aromatic carboxylic acids is 1. The third-order valence-corrected chi connectivity index (χ3v) is 3.36. The van der Waals surface area contributed by atoms with Crippen LogP contribution in [0.25, 0.3) is 0 Å². The highest BCUT2D eigenvalue weighted by atomic mass is 16.5. The summed E-state index contributed by atoms with van der Waals surface area (Å²) in [6, 6.07) is 0. The van der Waals surface area contributed by atoms with Crippen molar-refractivity contribution in [3.8, 4) is 0 Å². The number of carbonyl (C=O) groups is 1. The molecule has 0 radical (unpaired) electrons. The number of ether oxygens (including phenoxy) is 1. The fourth-order valence-electron chi connectivity index (χ4n) is 1.90.